The molecule has 0 aromatic rings. The fourth-order valence-corrected chi connectivity index (χ4v) is 3.42. The Morgan fingerprint density at radius 2 is 0.833 bits per heavy atom. The molecule has 2 aliphatic heterocycles. The molecular weight excluding hydrogens is 734 g/mol. The van der Waals surface area contributed by atoms with Crippen molar-refractivity contribution in [2.24, 2.45) is 0 Å². The van der Waals surface area contributed by atoms with Gasteiger partial charge in [-0.3, -0.25) is 19.6 Å². The number of aliphatic hydroxyl groups is 2. The van der Waals surface area contributed by atoms with E-state index in [1.165, 1.54) is 0 Å². The van der Waals surface area contributed by atoms with Gasteiger partial charge in [0, 0.05) is 167 Å². The molecule has 2 heterocycles. The van der Waals surface area contributed by atoms with Crippen LogP contribution in [0.2, 0.25) is 0 Å². The van der Waals surface area contributed by atoms with Crippen molar-refractivity contribution < 1.29 is 98.3 Å². The van der Waals surface area contributed by atoms with Crippen molar-refractivity contribution in [3.05, 3.63) is 0 Å². The molecule has 2 atom stereocenters. The van der Waals surface area contributed by atoms with Crippen molar-refractivity contribution in [2.75, 3.05) is 78.5 Å². The second-order valence-corrected chi connectivity index (χ2v) is 6.98. The third-order valence-corrected chi connectivity index (χ3v) is 4.71. The van der Waals surface area contributed by atoms with Crippen LogP contribution in [0.3, 0.4) is 0 Å². The number of hydrogen-bond donors (Lipinski definition) is 2. The predicted molar refractivity (Wildman–Crippen MR) is 89.1 cm³/mol. The maximum atomic E-state index is 9.66. The van der Waals surface area contributed by atoms with Crippen LogP contribution in [0.4, 0.5) is 0 Å². The van der Waals surface area contributed by atoms with E-state index in [0.717, 1.165) is 78.5 Å². The topological polar surface area (TPSA) is 53.4 Å². The first kappa shape index (κ1) is 26.6. The zero-order chi connectivity index (χ0) is 15.9. The summed E-state index contributed by atoms with van der Waals surface area (Å²) in [5, 5.41) is 19.3. The van der Waals surface area contributed by atoms with E-state index >= 15 is 0 Å². The summed E-state index contributed by atoms with van der Waals surface area (Å²) in [5.41, 5.74) is 0. The van der Waals surface area contributed by atoms with Crippen molar-refractivity contribution in [3.63, 3.8) is 0 Å². The number of β-amino-alcohol motifs (C(OH)–C–C–N with tert-alkyl or cyclic N) is 2. The fourth-order valence-electron chi connectivity index (χ4n) is 3.42. The summed E-state index contributed by atoms with van der Waals surface area (Å²) in [6, 6.07) is 0. The van der Waals surface area contributed by atoms with Gasteiger partial charge in [0.2, 0.25) is 0 Å². The zero-order valence-corrected chi connectivity index (χ0v) is 25.0. The summed E-state index contributed by atoms with van der Waals surface area (Å²) in [4.78, 5) is 9.86. The average Bonchev–Trinajstić information content (AvgIpc) is 2.58. The Morgan fingerprint density at radius 1 is 0.583 bits per heavy atom. The summed E-state index contributed by atoms with van der Waals surface area (Å²) in [6.45, 7) is 16.0. The maximum Gasteiger partial charge on any atom is 0.0639 e. The molecule has 0 saturated carbocycles. The van der Waals surface area contributed by atoms with Crippen molar-refractivity contribution in [1.29, 1.82) is 0 Å². The quantitative estimate of drug-likeness (QED) is 0.383. The van der Waals surface area contributed by atoms with Gasteiger partial charge in [-0.25, -0.2) is 0 Å². The SMILES string of the molecule is CC(O)CN1CCN2CCN(CC1)CCN(CC(C)O)CC2.[Ac].[Ac]. The van der Waals surface area contributed by atoms with E-state index in [-0.39, 0.29) is 100 Å². The largest absolute Gasteiger partial charge is 0.392 e. The van der Waals surface area contributed by atoms with Gasteiger partial charge in [-0.2, -0.15) is 0 Å². The van der Waals surface area contributed by atoms with Gasteiger partial charge < -0.3 is 10.2 Å². The van der Waals surface area contributed by atoms with E-state index in [4.69, 9.17) is 0 Å². The minimum absolute atomic E-state index is 0. The molecule has 2 unspecified atom stereocenters. The van der Waals surface area contributed by atoms with Crippen molar-refractivity contribution in [2.45, 2.75) is 26.1 Å². The van der Waals surface area contributed by atoms with Crippen molar-refractivity contribution >= 4 is 0 Å². The van der Waals surface area contributed by atoms with Crippen LogP contribution in [-0.4, -0.2) is 121 Å². The minimum atomic E-state index is -0.253. The third kappa shape index (κ3) is 10.8. The average molecular weight is 768 g/mol. The van der Waals surface area contributed by atoms with Crippen LogP contribution < -0.4 is 0 Å². The van der Waals surface area contributed by atoms with Crippen LogP contribution in [0.25, 0.3) is 0 Å². The van der Waals surface area contributed by atoms with Crippen molar-refractivity contribution in [1.82, 2.24) is 19.6 Å². The molecule has 0 aromatic heterocycles. The van der Waals surface area contributed by atoms with Crippen LogP contribution in [0, 0.1) is 88.1 Å². The Balaban J connectivity index is 0.00000264. The fraction of sp³-hybridized carbons (Fsp3) is 1.00. The Hall–Kier alpha value is 2.64. The van der Waals surface area contributed by atoms with Gasteiger partial charge in [-0.05, 0) is 13.8 Å². The summed E-state index contributed by atoms with van der Waals surface area (Å²) in [5.74, 6) is 0. The van der Waals surface area contributed by atoms with E-state index in [2.05, 4.69) is 19.6 Å². The molecule has 0 amide bonds. The van der Waals surface area contributed by atoms with Crippen LogP contribution in [0.5, 0.6) is 0 Å². The predicted octanol–water partition coefficient (Wildman–Crippen LogP) is -1.02. The van der Waals surface area contributed by atoms with Gasteiger partial charge in [0.1, 0.15) is 0 Å². The molecule has 8 heteroatoms. The molecule has 2 fully saturated rings. The Kier molecular flexibility index (Phi) is 16.2. The summed E-state index contributed by atoms with van der Waals surface area (Å²) >= 11 is 0. The normalized spacial score (nSPS) is 29.5. The van der Waals surface area contributed by atoms with E-state index in [1.54, 1.807) is 0 Å². The standard InChI is InChI=1S/C16H34N4O2.2Ac/c1-15(21)13-19-9-5-17-3-4-18(6-10-19)8-12-20(11-7-17)14-16(2)22;;/h15-16,21-22H,3-14H2,1-2H3;;. The van der Waals surface area contributed by atoms with E-state index in [9.17, 15) is 10.2 Å². The molecule has 2 N–H and O–H groups in total. The molecule has 2 bridgehead atoms. The first-order valence-corrected chi connectivity index (χ1v) is 8.78. The summed E-state index contributed by atoms with van der Waals surface area (Å²) < 4.78 is 0. The first-order valence-electron chi connectivity index (χ1n) is 8.78. The number of fused-ring (bicyclic) bond motifs is 3. The second kappa shape index (κ2) is 14.6. The Bertz CT molecular complexity index is 278. The van der Waals surface area contributed by atoms with Gasteiger partial charge in [-0.15, -0.1) is 0 Å². The molecule has 6 nitrogen and oxygen atoms in total. The molecule has 136 valence electrons. The molecule has 2 saturated heterocycles. The second-order valence-electron chi connectivity index (χ2n) is 6.98. The van der Waals surface area contributed by atoms with E-state index in [1.807, 2.05) is 13.8 Å². The molecule has 0 aliphatic carbocycles. The number of nitrogens with zero attached hydrogens (tertiary/aromatic N) is 4. The van der Waals surface area contributed by atoms with E-state index < -0.39 is 0 Å². The molecule has 24 heavy (non-hydrogen) atoms. The molecule has 0 aromatic carbocycles. The smallest absolute Gasteiger partial charge is 0.0639 e. The number of aliphatic hydroxyl groups excluding tert-OH is 2. The Labute approximate surface area is 219 Å². The van der Waals surface area contributed by atoms with Gasteiger partial charge in [-0.1, -0.05) is 0 Å². The van der Waals surface area contributed by atoms with Gasteiger partial charge in [0.05, 0.1) is 12.2 Å². The monoisotopic (exact) mass is 768 g/mol. The maximum absolute atomic E-state index is 9.66. The van der Waals surface area contributed by atoms with Crippen LogP contribution in [0.1, 0.15) is 13.8 Å². The van der Waals surface area contributed by atoms with Crippen LogP contribution in [0.15, 0.2) is 0 Å². The van der Waals surface area contributed by atoms with Gasteiger partial charge >= 0.3 is 0 Å². The zero-order valence-electron chi connectivity index (χ0n) is 15.5. The van der Waals surface area contributed by atoms with Crippen LogP contribution >= 0.6 is 0 Å². The van der Waals surface area contributed by atoms with Crippen LogP contribution in [-0.2, 0) is 0 Å². The number of hydrogen-bond acceptors (Lipinski definition) is 6. The molecular formula is C16H34Ac2N4O2. The van der Waals surface area contributed by atoms with Crippen molar-refractivity contribution in [3.8, 4) is 0 Å². The first-order chi connectivity index (χ1) is 10.5. The molecule has 2 radical (unpaired) electrons. The number of rotatable bonds is 4. The van der Waals surface area contributed by atoms with E-state index in [0.29, 0.717) is 0 Å². The molecule has 2 aliphatic rings. The molecule has 2 rings (SSSR count). The minimum Gasteiger partial charge on any atom is -0.392 e. The molecule has 0 spiro atoms. The Morgan fingerprint density at radius 3 is 1.08 bits per heavy atom. The summed E-state index contributed by atoms with van der Waals surface area (Å²) in [7, 11) is 0. The third-order valence-electron chi connectivity index (χ3n) is 4.71. The van der Waals surface area contributed by atoms with Gasteiger partial charge in [0.15, 0.2) is 0 Å². The van der Waals surface area contributed by atoms with Gasteiger partial charge in [0.25, 0.3) is 0 Å². The summed E-state index contributed by atoms with van der Waals surface area (Å²) in [6.07, 6.45) is -0.505.